The second kappa shape index (κ2) is 6.48. The molecule has 0 unspecified atom stereocenters. The Morgan fingerprint density at radius 2 is 2.10 bits per heavy atom. The first-order valence-electron chi connectivity index (χ1n) is 8.21. The van der Waals surface area contributed by atoms with Crippen molar-refractivity contribution in [2.45, 2.75) is 39.7 Å². The minimum Gasteiger partial charge on any atom is -0.355 e. The van der Waals surface area contributed by atoms with Crippen molar-refractivity contribution in [3.8, 4) is 0 Å². The van der Waals surface area contributed by atoms with Gasteiger partial charge in [-0.2, -0.15) is 0 Å². The second-order valence-corrected chi connectivity index (χ2v) is 6.16. The lowest BCUT2D eigenvalue weighted by molar-refractivity contribution is 0.436. The molecule has 1 aliphatic rings. The lowest BCUT2D eigenvalue weighted by Gasteiger charge is -2.31. The van der Waals surface area contributed by atoms with Crippen LogP contribution in [0.1, 0.15) is 38.8 Å². The summed E-state index contributed by atoms with van der Waals surface area (Å²) in [6.07, 6.45) is 5.83. The Morgan fingerprint density at radius 3 is 2.86 bits per heavy atom. The molecule has 1 saturated heterocycles. The molecular formula is C17H26N4. The zero-order valence-corrected chi connectivity index (χ0v) is 13.2. The summed E-state index contributed by atoms with van der Waals surface area (Å²) >= 11 is 0. The number of aromatic nitrogens is 2. The number of nitrogens with one attached hydrogen (secondary N) is 1. The molecule has 0 spiro atoms. The van der Waals surface area contributed by atoms with E-state index < -0.39 is 0 Å². The zero-order chi connectivity index (χ0) is 14.7. The summed E-state index contributed by atoms with van der Waals surface area (Å²) in [5.41, 5.74) is 2.35. The van der Waals surface area contributed by atoms with E-state index >= 15 is 0 Å². The SMILES string of the molecule is CCCNCc1c(N2CCC(C)CC2)nc2ccccn12. The molecule has 1 fully saturated rings. The second-order valence-electron chi connectivity index (χ2n) is 6.16. The first-order valence-corrected chi connectivity index (χ1v) is 8.21. The molecule has 0 aromatic carbocycles. The van der Waals surface area contributed by atoms with Crippen LogP contribution in [-0.2, 0) is 6.54 Å². The van der Waals surface area contributed by atoms with Gasteiger partial charge in [0.05, 0.1) is 5.69 Å². The number of anilines is 1. The standard InChI is InChI=1S/C17H26N4/c1-3-9-18-13-15-17(20-11-7-14(2)8-12-20)19-16-6-4-5-10-21(15)16/h4-6,10,14,18H,3,7-9,11-13H2,1-2H3. The van der Waals surface area contributed by atoms with Crippen LogP contribution in [0.2, 0.25) is 0 Å². The van der Waals surface area contributed by atoms with E-state index in [4.69, 9.17) is 4.98 Å². The maximum absolute atomic E-state index is 4.89. The minimum absolute atomic E-state index is 0.847. The summed E-state index contributed by atoms with van der Waals surface area (Å²) in [5, 5.41) is 3.53. The maximum atomic E-state index is 4.89. The molecule has 114 valence electrons. The molecule has 0 saturated carbocycles. The van der Waals surface area contributed by atoms with Crippen LogP contribution in [0.15, 0.2) is 24.4 Å². The van der Waals surface area contributed by atoms with Crippen molar-refractivity contribution < 1.29 is 0 Å². The van der Waals surface area contributed by atoms with E-state index in [0.717, 1.165) is 44.2 Å². The van der Waals surface area contributed by atoms with Gasteiger partial charge in [-0.3, -0.25) is 0 Å². The van der Waals surface area contributed by atoms with E-state index in [1.54, 1.807) is 0 Å². The Kier molecular flexibility index (Phi) is 4.44. The van der Waals surface area contributed by atoms with Gasteiger partial charge in [-0.05, 0) is 43.9 Å². The van der Waals surface area contributed by atoms with E-state index in [0.29, 0.717) is 0 Å². The third-order valence-electron chi connectivity index (χ3n) is 4.41. The smallest absolute Gasteiger partial charge is 0.152 e. The van der Waals surface area contributed by atoms with Crippen LogP contribution in [0.5, 0.6) is 0 Å². The summed E-state index contributed by atoms with van der Waals surface area (Å²) in [4.78, 5) is 7.36. The number of hydrogen-bond donors (Lipinski definition) is 1. The van der Waals surface area contributed by atoms with Crippen LogP contribution in [0, 0.1) is 5.92 Å². The first-order chi connectivity index (χ1) is 10.3. The van der Waals surface area contributed by atoms with Gasteiger partial charge in [0.15, 0.2) is 5.82 Å². The third-order valence-corrected chi connectivity index (χ3v) is 4.41. The number of fused-ring (bicyclic) bond motifs is 1. The van der Waals surface area contributed by atoms with E-state index in [2.05, 4.69) is 52.9 Å². The van der Waals surface area contributed by atoms with Crippen LogP contribution < -0.4 is 10.2 Å². The zero-order valence-electron chi connectivity index (χ0n) is 13.2. The highest BCUT2D eigenvalue weighted by molar-refractivity contribution is 5.56. The number of nitrogens with zero attached hydrogens (tertiary/aromatic N) is 3. The van der Waals surface area contributed by atoms with Crippen molar-refractivity contribution in [2.75, 3.05) is 24.5 Å². The van der Waals surface area contributed by atoms with Gasteiger partial charge < -0.3 is 14.6 Å². The largest absolute Gasteiger partial charge is 0.355 e. The summed E-state index contributed by atoms with van der Waals surface area (Å²) in [6.45, 7) is 8.76. The van der Waals surface area contributed by atoms with Gasteiger partial charge in [0.2, 0.25) is 0 Å². The fourth-order valence-corrected chi connectivity index (χ4v) is 3.06. The maximum Gasteiger partial charge on any atom is 0.152 e. The molecule has 3 heterocycles. The summed E-state index contributed by atoms with van der Waals surface area (Å²) in [7, 11) is 0. The van der Waals surface area contributed by atoms with Crippen molar-refractivity contribution in [2.24, 2.45) is 5.92 Å². The highest BCUT2D eigenvalue weighted by Crippen LogP contribution is 2.26. The molecule has 0 radical (unpaired) electrons. The van der Waals surface area contributed by atoms with E-state index in [1.165, 1.54) is 24.4 Å². The number of rotatable bonds is 5. The highest BCUT2D eigenvalue weighted by atomic mass is 15.2. The number of hydrogen-bond acceptors (Lipinski definition) is 3. The molecule has 21 heavy (non-hydrogen) atoms. The molecular weight excluding hydrogens is 260 g/mol. The average molecular weight is 286 g/mol. The molecule has 2 aromatic rings. The molecule has 0 atom stereocenters. The van der Waals surface area contributed by atoms with Gasteiger partial charge in [0.1, 0.15) is 5.65 Å². The molecule has 1 N–H and O–H groups in total. The molecule has 0 amide bonds. The van der Waals surface area contributed by atoms with Gasteiger partial charge in [0.25, 0.3) is 0 Å². The molecule has 3 rings (SSSR count). The Bertz CT molecular complexity index is 581. The molecule has 1 aliphatic heterocycles. The first kappa shape index (κ1) is 14.4. The lowest BCUT2D eigenvalue weighted by atomic mass is 9.99. The van der Waals surface area contributed by atoms with Crippen molar-refractivity contribution >= 4 is 11.5 Å². The van der Waals surface area contributed by atoms with Gasteiger partial charge in [-0.15, -0.1) is 0 Å². The van der Waals surface area contributed by atoms with Crippen molar-refractivity contribution in [1.29, 1.82) is 0 Å². The number of imidazole rings is 1. The third kappa shape index (κ3) is 3.05. The van der Waals surface area contributed by atoms with Crippen LogP contribution in [0.4, 0.5) is 5.82 Å². The Labute approximate surface area is 127 Å². The summed E-state index contributed by atoms with van der Waals surface area (Å²) in [6, 6.07) is 6.24. The fraction of sp³-hybridized carbons (Fsp3) is 0.588. The topological polar surface area (TPSA) is 32.6 Å². The predicted molar refractivity (Wildman–Crippen MR) is 87.8 cm³/mol. The predicted octanol–water partition coefficient (Wildman–Crippen LogP) is 3.07. The van der Waals surface area contributed by atoms with Crippen LogP contribution in [0.3, 0.4) is 0 Å². The van der Waals surface area contributed by atoms with Crippen LogP contribution in [-0.4, -0.2) is 29.0 Å². The van der Waals surface area contributed by atoms with Crippen molar-refractivity contribution in [3.05, 3.63) is 30.1 Å². The van der Waals surface area contributed by atoms with E-state index in [1.807, 2.05) is 0 Å². The minimum atomic E-state index is 0.847. The lowest BCUT2D eigenvalue weighted by Crippen LogP contribution is -2.34. The fourth-order valence-electron chi connectivity index (χ4n) is 3.06. The Balaban J connectivity index is 1.90. The van der Waals surface area contributed by atoms with E-state index in [9.17, 15) is 0 Å². The molecule has 4 nitrogen and oxygen atoms in total. The van der Waals surface area contributed by atoms with Crippen molar-refractivity contribution in [1.82, 2.24) is 14.7 Å². The van der Waals surface area contributed by atoms with E-state index in [-0.39, 0.29) is 0 Å². The molecule has 0 aliphatic carbocycles. The van der Waals surface area contributed by atoms with Crippen molar-refractivity contribution in [3.63, 3.8) is 0 Å². The molecule has 4 heteroatoms. The number of pyridine rings is 1. The van der Waals surface area contributed by atoms with Gasteiger partial charge >= 0.3 is 0 Å². The molecule has 0 bridgehead atoms. The van der Waals surface area contributed by atoms with Gasteiger partial charge in [0, 0.05) is 25.8 Å². The quantitative estimate of drug-likeness (QED) is 0.857. The average Bonchev–Trinajstić information content (AvgIpc) is 2.87. The van der Waals surface area contributed by atoms with Gasteiger partial charge in [-0.1, -0.05) is 19.9 Å². The normalized spacial score (nSPS) is 16.8. The highest BCUT2D eigenvalue weighted by Gasteiger charge is 2.22. The Hall–Kier alpha value is -1.55. The van der Waals surface area contributed by atoms with Gasteiger partial charge in [-0.25, -0.2) is 4.98 Å². The number of piperidine rings is 1. The monoisotopic (exact) mass is 286 g/mol. The van der Waals surface area contributed by atoms with Crippen LogP contribution in [0.25, 0.3) is 5.65 Å². The Morgan fingerprint density at radius 1 is 1.29 bits per heavy atom. The summed E-state index contributed by atoms with van der Waals surface area (Å²) < 4.78 is 2.23. The van der Waals surface area contributed by atoms with Crippen LogP contribution >= 0.6 is 0 Å². The molecule has 2 aromatic heterocycles. The summed E-state index contributed by atoms with van der Waals surface area (Å²) in [5.74, 6) is 2.02.